The summed E-state index contributed by atoms with van der Waals surface area (Å²) in [6.45, 7) is 17.3. The van der Waals surface area contributed by atoms with Crippen LogP contribution in [0.1, 0.15) is 85.3 Å². The second-order valence-corrected chi connectivity index (χ2v) is 18.4. The summed E-state index contributed by atoms with van der Waals surface area (Å²) < 4.78 is 28.2. The van der Waals surface area contributed by atoms with Crippen LogP contribution in [-0.2, 0) is 16.3 Å². The van der Waals surface area contributed by atoms with Crippen molar-refractivity contribution in [2.75, 3.05) is 51.9 Å². The minimum atomic E-state index is -2.90. The van der Waals surface area contributed by atoms with Crippen molar-refractivity contribution < 1.29 is 28.1 Å². The average molecular weight is 680 g/mol. The SMILES string of the molecule is Cc1cc(O[C@H](CN2CC[N+](C)(C(=O)OC(C)(C)C)[C@H](C)C2)c2ccc(C3CC3)cn2)c(P(C)(C)=O)cc1C(=O)Nc1nn(C)cc1C. The molecule has 1 aliphatic carbocycles. The molecule has 2 fully saturated rings. The molecular weight excluding hydrogens is 627 g/mol. The van der Waals surface area contributed by atoms with Gasteiger partial charge in [-0.15, -0.1) is 0 Å². The molecule has 3 atom stereocenters. The monoisotopic (exact) mass is 679 g/mol. The van der Waals surface area contributed by atoms with E-state index in [0.29, 0.717) is 60.1 Å². The van der Waals surface area contributed by atoms with E-state index in [9.17, 15) is 14.2 Å². The van der Waals surface area contributed by atoms with Crippen LogP contribution >= 0.6 is 7.14 Å². The molecule has 1 N–H and O–H groups in total. The molecule has 2 amide bonds. The van der Waals surface area contributed by atoms with Gasteiger partial charge in [0.05, 0.1) is 24.6 Å². The van der Waals surface area contributed by atoms with Gasteiger partial charge in [-0.2, -0.15) is 9.89 Å². The van der Waals surface area contributed by atoms with Crippen LogP contribution < -0.4 is 15.4 Å². The number of pyridine rings is 1. The Morgan fingerprint density at radius 3 is 2.40 bits per heavy atom. The number of quaternary nitrogens is 1. The fourth-order valence-corrected chi connectivity index (χ4v) is 7.29. The number of hydrogen-bond acceptors (Lipinski definition) is 8. The average Bonchev–Trinajstić information content (AvgIpc) is 3.78. The minimum absolute atomic E-state index is 0.00991. The molecule has 1 saturated heterocycles. The third-order valence-electron chi connectivity index (χ3n) is 9.44. The lowest BCUT2D eigenvalue weighted by molar-refractivity contribution is -0.867. The lowest BCUT2D eigenvalue weighted by atomic mass is 10.1. The van der Waals surface area contributed by atoms with Crippen molar-refractivity contribution >= 4 is 30.3 Å². The summed E-state index contributed by atoms with van der Waals surface area (Å²) >= 11 is 0. The van der Waals surface area contributed by atoms with Crippen LogP contribution in [0.15, 0.2) is 36.7 Å². The second-order valence-electron chi connectivity index (χ2n) is 15.3. The van der Waals surface area contributed by atoms with Crippen molar-refractivity contribution in [3.05, 3.63) is 64.6 Å². The normalized spacial score (nSPS) is 21.1. The molecule has 1 unspecified atom stereocenters. The number of nitrogens with zero attached hydrogens (tertiary/aromatic N) is 5. The Bertz CT molecular complexity index is 1720. The summed E-state index contributed by atoms with van der Waals surface area (Å²) in [4.78, 5) is 33.8. The summed E-state index contributed by atoms with van der Waals surface area (Å²) in [5.41, 5.74) is 3.41. The Kier molecular flexibility index (Phi) is 9.99. The molecule has 2 aliphatic rings. The number of rotatable bonds is 9. The highest BCUT2D eigenvalue weighted by Gasteiger charge is 2.45. The van der Waals surface area contributed by atoms with Crippen LogP contribution in [0.25, 0.3) is 0 Å². The molecule has 12 heteroatoms. The maximum atomic E-state index is 13.8. The highest BCUT2D eigenvalue weighted by Crippen LogP contribution is 2.42. The molecule has 2 aromatic heterocycles. The van der Waals surface area contributed by atoms with Crippen molar-refractivity contribution in [2.24, 2.45) is 7.05 Å². The third kappa shape index (κ3) is 8.18. The Labute approximate surface area is 285 Å². The van der Waals surface area contributed by atoms with E-state index < -0.39 is 18.8 Å². The summed E-state index contributed by atoms with van der Waals surface area (Å²) in [5.74, 6) is 1.21. The topological polar surface area (TPSA) is 116 Å². The van der Waals surface area contributed by atoms with E-state index in [0.717, 1.165) is 11.3 Å². The quantitative estimate of drug-likeness (QED) is 0.216. The fourth-order valence-electron chi connectivity index (χ4n) is 6.20. The number of anilines is 1. The molecule has 11 nitrogen and oxygen atoms in total. The zero-order valence-corrected chi connectivity index (χ0v) is 31.1. The number of piperazine rings is 1. The summed E-state index contributed by atoms with van der Waals surface area (Å²) in [7, 11) is 0.849. The van der Waals surface area contributed by atoms with Gasteiger partial charge in [0.2, 0.25) is 0 Å². The van der Waals surface area contributed by atoms with Gasteiger partial charge < -0.3 is 19.4 Å². The maximum Gasteiger partial charge on any atom is 0.516 e. The Morgan fingerprint density at radius 2 is 1.85 bits per heavy atom. The molecule has 0 bridgehead atoms. The highest BCUT2D eigenvalue weighted by atomic mass is 31.2. The smallest absolute Gasteiger partial charge is 0.482 e. The number of benzene rings is 1. The molecule has 1 aromatic carbocycles. The van der Waals surface area contributed by atoms with Crippen LogP contribution in [0.4, 0.5) is 10.6 Å². The Balaban J connectivity index is 1.43. The van der Waals surface area contributed by atoms with Crippen LogP contribution in [0.3, 0.4) is 0 Å². The number of nitrogens with one attached hydrogen (secondary N) is 1. The molecule has 1 aliphatic heterocycles. The number of carbonyl (C=O) groups excluding carboxylic acids is 2. The second kappa shape index (κ2) is 13.4. The van der Waals surface area contributed by atoms with Crippen LogP contribution in [0.2, 0.25) is 0 Å². The maximum absolute atomic E-state index is 13.8. The molecule has 3 heterocycles. The number of hydrogen-bond donors (Lipinski definition) is 1. The Hall–Kier alpha value is -3.53. The molecule has 48 heavy (non-hydrogen) atoms. The van der Waals surface area contributed by atoms with E-state index in [2.05, 4.69) is 28.3 Å². The molecule has 260 valence electrons. The zero-order valence-electron chi connectivity index (χ0n) is 30.2. The number of amides is 2. The number of aromatic nitrogens is 3. The Morgan fingerprint density at radius 1 is 1.15 bits per heavy atom. The van der Waals surface area contributed by atoms with Gasteiger partial charge in [-0.05, 0) is 103 Å². The van der Waals surface area contributed by atoms with Gasteiger partial charge in [-0.3, -0.25) is 19.4 Å². The van der Waals surface area contributed by atoms with Crippen molar-refractivity contribution in [1.82, 2.24) is 19.7 Å². The first-order valence-corrected chi connectivity index (χ1v) is 19.4. The molecule has 0 radical (unpaired) electrons. The van der Waals surface area contributed by atoms with Crippen LogP contribution in [0.5, 0.6) is 5.75 Å². The fraction of sp³-hybridized carbons (Fsp3) is 0.556. The predicted octanol–water partition coefficient (Wildman–Crippen LogP) is 6.02. The largest absolute Gasteiger partial charge is 0.516 e. The number of likely N-dealkylation sites (N-methyl/N-ethyl adjacent to an activating group) is 1. The lowest BCUT2D eigenvalue weighted by Gasteiger charge is -2.45. The minimum Gasteiger partial charge on any atom is -0.482 e. The number of ether oxygens (including phenoxy) is 2. The molecule has 1 saturated carbocycles. The van der Waals surface area contributed by atoms with E-state index in [-0.39, 0.29) is 22.5 Å². The predicted molar refractivity (Wildman–Crippen MR) is 189 cm³/mol. The van der Waals surface area contributed by atoms with Gasteiger partial charge in [0, 0.05) is 43.7 Å². The van der Waals surface area contributed by atoms with Gasteiger partial charge in [0.1, 0.15) is 31.1 Å². The van der Waals surface area contributed by atoms with Crippen molar-refractivity contribution in [2.45, 2.75) is 78.0 Å². The summed E-state index contributed by atoms with van der Waals surface area (Å²) in [6, 6.07) is 7.68. The highest BCUT2D eigenvalue weighted by molar-refractivity contribution is 7.70. The first kappa shape index (κ1) is 35.8. The van der Waals surface area contributed by atoms with Crippen molar-refractivity contribution in [3.63, 3.8) is 0 Å². The number of carbonyl (C=O) groups is 2. The van der Waals surface area contributed by atoms with Gasteiger partial charge >= 0.3 is 6.09 Å². The molecule has 0 spiro atoms. The van der Waals surface area contributed by atoms with E-state index in [1.165, 1.54) is 18.4 Å². The zero-order chi connectivity index (χ0) is 35.2. The summed E-state index contributed by atoms with van der Waals surface area (Å²) in [5, 5.41) is 7.75. The van der Waals surface area contributed by atoms with Gasteiger partial charge in [0.15, 0.2) is 11.9 Å². The molecule has 3 aromatic rings. The van der Waals surface area contributed by atoms with Gasteiger partial charge in [-0.25, -0.2) is 4.48 Å². The summed E-state index contributed by atoms with van der Waals surface area (Å²) in [6.07, 6.45) is 5.46. The third-order valence-corrected chi connectivity index (χ3v) is 11.0. The number of aryl methyl sites for hydroxylation is 3. The van der Waals surface area contributed by atoms with E-state index in [1.807, 2.05) is 66.2 Å². The van der Waals surface area contributed by atoms with Gasteiger partial charge in [-0.1, -0.05) is 6.07 Å². The standard InChI is InChI=1S/C36H51N6O5P/c1-23-17-30(32(48(9,10)45)18-28(23)34(43)38-33-24(2)20-40(7)39-33)46-31(29-14-13-27(19-37-29)26-11-12-26)22-41-15-16-42(8,25(3)21-41)35(44)47-36(4,5)6/h13-14,17-20,25-26,31H,11-12,15-16,21-22H2,1-10H3/p+1/t25-,31-,42?/m1/s1. The lowest BCUT2D eigenvalue weighted by Crippen LogP contribution is -2.66. The van der Waals surface area contributed by atoms with E-state index in [4.69, 9.17) is 14.5 Å². The first-order chi connectivity index (χ1) is 22.3. The van der Waals surface area contributed by atoms with E-state index >= 15 is 0 Å². The van der Waals surface area contributed by atoms with Crippen LogP contribution in [0, 0.1) is 13.8 Å². The van der Waals surface area contributed by atoms with Crippen LogP contribution in [-0.4, -0.2) is 94.3 Å². The molecule has 5 rings (SSSR count). The van der Waals surface area contributed by atoms with E-state index in [1.54, 1.807) is 31.1 Å². The van der Waals surface area contributed by atoms with Gasteiger partial charge in [0.25, 0.3) is 5.91 Å². The van der Waals surface area contributed by atoms with Crippen molar-refractivity contribution in [1.29, 1.82) is 0 Å². The molecular formula is C36H52N6O5P+. The van der Waals surface area contributed by atoms with Crippen molar-refractivity contribution in [3.8, 4) is 5.75 Å². The first-order valence-electron chi connectivity index (χ1n) is 16.8.